The zero-order valence-electron chi connectivity index (χ0n) is 18.5. The summed E-state index contributed by atoms with van der Waals surface area (Å²) >= 11 is 0. The summed E-state index contributed by atoms with van der Waals surface area (Å²) in [6, 6.07) is 12.7. The molecule has 0 aromatic heterocycles. The molecule has 0 saturated carbocycles. The van der Waals surface area contributed by atoms with Crippen LogP contribution < -0.4 is 19.8 Å². The van der Waals surface area contributed by atoms with Crippen LogP contribution in [0.4, 0.5) is 5.69 Å². The summed E-state index contributed by atoms with van der Waals surface area (Å²) in [5, 5.41) is 4.04. The fraction of sp³-hybridized carbons (Fsp3) is 0.375. The lowest BCUT2D eigenvalue weighted by atomic mass is 10.2. The summed E-state index contributed by atoms with van der Waals surface area (Å²) in [5.41, 5.74) is 4.93. The Morgan fingerprint density at radius 2 is 1.75 bits per heavy atom. The summed E-state index contributed by atoms with van der Waals surface area (Å²) in [6.45, 7) is 6.24. The van der Waals surface area contributed by atoms with Crippen LogP contribution in [-0.4, -0.2) is 51.0 Å². The van der Waals surface area contributed by atoms with Crippen molar-refractivity contribution in [1.29, 1.82) is 0 Å². The van der Waals surface area contributed by atoms with Crippen molar-refractivity contribution in [3.8, 4) is 11.5 Å². The summed E-state index contributed by atoms with van der Waals surface area (Å²) < 4.78 is 15.9. The molecule has 0 unspecified atom stereocenters. The predicted octanol–water partition coefficient (Wildman–Crippen LogP) is 3.39. The molecule has 1 N–H and O–H groups in total. The highest BCUT2D eigenvalue weighted by Crippen LogP contribution is 2.28. The van der Waals surface area contributed by atoms with Crippen LogP contribution in [0.3, 0.4) is 0 Å². The Bertz CT molecular complexity index is 937. The van der Waals surface area contributed by atoms with E-state index in [4.69, 9.17) is 14.2 Å². The first-order valence-corrected chi connectivity index (χ1v) is 10.8. The molecule has 1 aliphatic heterocycles. The van der Waals surface area contributed by atoms with Gasteiger partial charge in [-0.25, -0.2) is 10.2 Å². The smallest absolute Gasteiger partial charge is 0.344 e. The van der Waals surface area contributed by atoms with Crippen molar-refractivity contribution < 1.29 is 23.8 Å². The van der Waals surface area contributed by atoms with E-state index < -0.39 is 5.97 Å². The molecular weight excluding hydrogens is 410 g/mol. The number of hydrogen-bond acceptors (Lipinski definition) is 7. The van der Waals surface area contributed by atoms with E-state index in [9.17, 15) is 9.59 Å². The number of carbonyl (C=O) groups is 2. The summed E-state index contributed by atoms with van der Waals surface area (Å²) in [5.74, 6) is 0.175. The van der Waals surface area contributed by atoms with E-state index in [2.05, 4.69) is 15.4 Å². The zero-order valence-corrected chi connectivity index (χ0v) is 18.5. The van der Waals surface area contributed by atoms with Crippen LogP contribution in [-0.2, 0) is 9.53 Å². The van der Waals surface area contributed by atoms with Gasteiger partial charge in [-0.2, -0.15) is 5.10 Å². The Labute approximate surface area is 188 Å². The second kappa shape index (κ2) is 11.7. The summed E-state index contributed by atoms with van der Waals surface area (Å²) in [7, 11) is 0. The number of benzene rings is 2. The molecule has 0 bridgehead atoms. The van der Waals surface area contributed by atoms with E-state index in [0.717, 1.165) is 18.8 Å². The third kappa shape index (κ3) is 6.47. The van der Waals surface area contributed by atoms with Gasteiger partial charge in [-0.1, -0.05) is 0 Å². The number of esters is 1. The number of hydrogen-bond donors (Lipinski definition) is 1. The van der Waals surface area contributed by atoms with E-state index in [0.29, 0.717) is 35.8 Å². The molecule has 0 aliphatic carbocycles. The first-order valence-electron chi connectivity index (χ1n) is 10.8. The number of carbonyl (C=O) groups excluding carboxylic acids is 2. The Morgan fingerprint density at radius 1 is 1.00 bits per heavy atom. The van der Waals surface area contributed by atoms with Gasteiger partial charge in [0.25, 0.3) is 5.91 Å². The van der Waals surface area contributed by atoms with Gasteiger partial charge in [0.05, 0.1) is 19.4 Å². The topological polar surface area (TPSA) is 89.5 Å². The minimum atomic E-state index is -0.447. The van der Waals surface area contributed by atoms with E-state index in [1.165, 1.54) is 19.1 Å². The van der Waals surface area contributed by atoms with Crippen molar-refractivity contribution in [1.82, 2.24) is 5.43 Å². The fourth-order valence-electron chi connectivity index (χ4n) is 3.36. The van der Waals surface area contributed by atoms with E-state index in [1.54, 1.807) is 37.3 Å². The van der Waals surface area contributed by atoms with Gasteiger partial charge in [-0.15, -0.1) is 0 Å². The number of nitrogens with one attached hydrogen (secondary N) is 1. The van der Waals surface area contributed by atoms with E-state index in [-0.39, 0.29) is 12.5 Å². The van der Waals surface area contributed by atoms with Crippen molar-refractivity contribution in [2.24, 2.45) is 5.10 Å². The van der Waals surface area contributed by atoms with Gasteiger partial charge in [0.2, 0.25) is 0 Å². The molecule has 1 aliphatic rings. The van der Waals surface area contributed by atoms with Gasteiger partial charge in [-0.3, -0.25) is 4.79 Å². The summed E-state index contributed by atoms with van der Waals surface area (Å²) in [4.78, 5) is 26.2. The van der Waals surface area contributed by atoms with Crippen LogP contribution in [0, 0.1) is 0 Å². The number of amides is 1. The van der Waals surface area contributed by atoms with Crippen LogP contribution >= 0.6 is 0 Å². The summed E-state index contributed by atoms with van der Waals surface area (Å²) in [6.07, 6.45) is 3.94. The maximum atomic E-state index is 12.4. The quantitative estimate of drug-likeness (QED) is 0.347. The van der Waals surface area contributed by atoms with Gasteiger partial charge in [-0.05, 0) is 74.7 Å². The number of nitrogens with zero attached hydrogens (tertiary/aromatic N) is 2. The maximum absolute atomic E-state index is 12.4. The Balaban J connectivity index is 1.58. The van der Waals surface area contributed by atoms with Gasteiger partial charge >= 0.3 is 5.97 Å². The van der Waals surface area contributed by atoms with Crippen LogP contribution in [0.5, 0.6) is 11.5 Å². The lowest BCUT2D eigenvalue weighted by Crippen LogP contribution is -2.19. The molecule has 170 valence electrons. The zero-order chi connectivity index (χ0) is 22.8. The number of hydrazone groups is 1. The number of ether oxygens (including phenoxy) is 3. The van der Waals surface area contributed by atoms with Crippen LogP contribution in [0.1, 0.15) is 42.6 Å². The first kappa shape index (κ1) is 23.1. The first-order chi connectivity index (χ1) is 15.6. The lowest BCUT2D eigenvalue weighted by molar-refractivity contribution is -0.145. The number of rotatable bonds is 10. The molecule has 3 rings (SSSR count). The number of anilines is 1. The van der Waals surface area contributed by atoms with Crippen LogP contribution in [0.25, 0.3) is 0 Å². The second-order valence-corrected chi connectivity index (χ2v) is 7.17. The second-order valence-electron chi connectivity index (χ2n) is 7.17. The third-order valence-corrected chi connectivity index (χ3v) is 4.90. The van der Waals surface area contributed by atoms with Crippen molar-refractivity contribution in [2.45, 2.75) is 26.7 Å². The molecule has 0 radical (unpaired) electrons. The molecule has 32 heavy (non-hydrogen) atoms. The minimum Gasteiger partial charge on any atom is -0.490 e. The van der Waals surface area contributed by atoms with E-state index >= 15 is 0 Å². The minimum absolute atomic E-state index is 0.200. The lowest BCUT2D eigenvalue weighted by Gasteiger charge is -2.17. The Hall–Kier alpha value is -3.55. The maximum Gasteiger partial charge on any atom is 0.344 e. The average molecular weight is 440 g/mol. The van der Waals surface area contributed by atoms with Crippen molar-refractivity contribution >= 4 is 23.8 Å². The van der Waals surface area contributed by atoms with Gasteiger partial charge in [0.15, 0.2) is 18.1 Å². The third-order valence-electron chi connectivity index (χ3n) is 4.90. The normalized spacial score (nSPS) is 13.2. The molecule has 8 heteroatoms. The monoisotopic (exact) mass is 439 g/mol. The highest BCUT2D eigenvalue weighted by atomic mass is 16.6. The average Bonchev–Trinajstić information content (AvgIpc) is 3.34. The van der Waals surface area contributed by atoms with Crippen LogP contribution in [0.2, 0.25) is 0 Å². The van der Waals surface area contributed by atoms with Gasteiger partial charge in [0.1, 0.15) is 0 Å². The molecular formula is C24H29N3O5. The molecule has 1 heterocycles. The van der Waals surface area contributed by atoms with Crippen molar-refractivity contribution in [3.63, 3.8) is 0 Å². The molecule has 0 spiro atoms. The Kier molecular flexibility index (Phi) is 8.48. The van der Waals surface area contributed by atoms with Crippen LogP contribution in [0.15, 0.2) is 47.6 Å². The molecule has 8 nitrogen and oxygen atoms in total. The SMILES string of the molecule is CCOC(=O)COc1ccc(/C=N\NC(=O)c2ccc(N3CCCC3)cc2)cc1OCC. The molecule has 1 saturated heterocycles. The molecule has 0 atom stereocenters. The largest absolute Gasteiger partial charge is 0.490 e. The molecule has 2 aromatic rings. The van der Waals surface area contributed by atoms with E-state index in [1.807, 2.05) is 19.1 Å². The Morgan fingerprint density at radius 3 is 2.44 bits per heavy atom. The van der Waals surface area contributed by atoms with Gasteiger partial charge in [0, 0.05) is 24.3 Å². The highest BCUT2D eigenvalue weighted by molar-refractivity contribution is 5.95. The predicted molar refractivity (Wildman–Crippen MR) is 123 cm³/mol. The van der Waals surface area contributed by atoms with Gasteiger partial charge < -0.3 is 19.1 Å². The van der Waals surface area contributed by atoms with Crippen molar-refractivity contribution in [2.75, 3.05) is 37.8 Å². The molecule has 1 fully saturated rings. The molecule has 2 aromatic carbocycles. The highest BCUT2D eigenvalue weighted by Gasteiger charge is 2.13. The standard InChI is InChI=1S/C24H29N3O5/c1-3-30-22-15-18(7-12-21(22)32-17-23(28)31-4-2)16-25-26-24(29)19-8-10-20(11-9-19)27-13-5-6-14-27/h7-12,15-16H,3-6,13-14,17H2,1-2H3,(H,26,29)/b25-16-. The fourth-order valence-corrected chi connectivity index (χ4v) is 3.36. The van der Waals surface area contributed by atoms with Crippen molar-refractivity contribution in [3.05, 3.63) is 53.6 Å². The molecule has 1 amide bonds.